The van der Waals surface area contributed by atoms with E-state index in [1.165, 1.54) is 28.9 Å². The van der Waals surface area contributed by atoms with E-state index in [1.807, 2.05) is 0 Å². The summed E-state index contributed by atoms with van der Waals surface area (Å²) in [7, 11) is 0. The first-order chi connectivity index (χ1) is 15.9. The van der Waals surface area contributed by atoms with Crippen molar-refractivity contribution >= 4 is 34.1 Å². The number of carbonyl (C=O) groups is 1. The third kappa shape index (κ3) is 4.58. The Morgan fingerprint density at radius 3 is 2.47 bits per heavy atom. The van der Waals surface area contributed by atoms with E-state index in [0.29, 0.717) is 23.0 Å². The summed E-state index contributed by atoms with van der Waals surface area (Å²) in [6.07, 6.45) is -4.76. The van der Waals surface area contributed by atoms with Gasteiger partial charge in [-0.3, -0.25) is 9.48 Å². The standard InChI is InChI=1S/C23H16ClF5N4O/c1-11-21(12(2)33(32-11)10-13-3-5-17(25)18(26)7-13)31-22(34)16-9-20(23(27,28)29)30-19-6-4-14(24)8-15(16)19/h3-9H,10H2,1-2H3,(H,31,34). The van der Waals surface area contributed by atoms with Gasteiger partial charge in [-0.2, -0.15) is 18.3 Å². The number of rotatable bonds is 4. The van der Waals surface area contributed by atoms with Gasteiger partial charge in [0.05, 0.1) is 34.7 Å². The molecule has 1 amide bonds. The second-order valence-electron chi connectivity index (χ2n) is 7.62. The molecule has 0 spiro atoms. The summed E-state index contributed by atoms with van der Waals surface area (Å²) < 4.78 is 68.3. The minimum Gasteiger partial charge on any atom is -0.319 e. The third-order valence-corrected chi connectivity index (χ3v) is 5.48. The molecule has 2 aromatic carbocycles. The first-order valence-corrected chi connectivity index (χ1v) is 10.3. The van der Waals surface area contributed by atoms with Gasteiger partial charge in [0.15, 0.2) is 11.6 Å². The van der Waals surface area contributed by atoms with Crippen LogP contribution in [-0.2, 0) is 12.7 Å². The molecule has 0 bridgehead atoms. The Morgan fingerprint density at radius 2 is 1.79 bits per heavy atom. The molecule has 0 unspecified atom stereocenters. The molecular weight excluding hydrogens is 479 g/mol. The number of amides is 1. The summed E-state index contributed by atoms with van der Waals surface area (Å²) >= 11 is 5.99. The lowest BCUT2D eigenvalue weighted by Gasteiger charge is -2.13. The summed E-state index contributed by atoms with van der Waals surface area (Å²) in [5, 5.41) is 7.31. The zero-order chi connectivity index (χ0) is 24.8. The number of nitrogens with zero attached hydrogens (tertiary/aromatic N) is 3. The van der Waals surface area contributed by atoms with Gasteiger partial charge in [0.2, 0.25) is 0 Å². The van der Waals surface area contributed by atoms with Crippen LogP contribution in [0, 0.1) is 25.5 Å². The highest BCUT2D eigenvalue weighted by Crippen LogP contribution is 2.32. The monoisotopic (exact) mass is 494 g/mol. The number of alkyl halides is 3. The molecule has 0 aliphatic carbocycles. The molecule has 2 aromatic heterocycles. The highest BCUT2D eigenvalue weighted by molar-refractivity contribution is 6.31. The first-order valence-electron chi connectivity index (χ1n) is 9.91. The summed E-state index contributed by atoms with van der Waals surface area (Å²) in [5.41, 5.74) is 0.0813. The Bertz CT molecular complexity index is 1430. The molecule has 0 radical (unpaired) electrons. The minimum absolute atomic E-state index is 0.0353. The van der Waals surface area contributed by atoms with E-state index in [0.717, 1.165) is 12.1 Å². The van der Waals surface area contributed by atoms with Crippen molar-refractivity contribution in [3.63, 3.8) is 0 Å². The van der Waals surface area contributed by atoms with E-state index in [1.54, 1.807) is 13.8 Å². The van der Waals surface area contributed by atoms with Crippen LogP contribution in [-0.4, -0.2) is 20.7 Å². The Morgan fingerprint density at radius 1 is 1.06 bits per heavy atom. The smallest absolute Gasteiger partial charge is 0.319 e. The van der Waals surface area contributed by atoms with Crippen molar-refractivity contribution in [3.8, 4) is 0 Å². The molecule has 4 rings (SSSR count). The van der Waals surface area contributed by atoms with Gasteiger partial charge in [0, 0.05) is 10.4 Å². The number of pyridine rings is 1. The highest BCUT2D eigenvalue weighted by atomic mass is 35.5. The first kappa shape index (κ1) is 23.6. The lowest BCUT2D eigenvalue weighted by molar-refractivity contribution is -0.140. The van der Waals surface area contributed by atoms with Crippen LogP contribution in [0.1, 0.15) is 33.0 Å². The predicted molar refractivity (Wildman–Crippen MR) is 117 cm³/mol. The van der Waals surface area contributed by atoms with E-state index in [9.17, 15) is 26.7 Å². The molecule has 0 aliphatic heterocycles. The van der Waals surface area contributed by atoms with Crippen molar-refractivity contribution in [2.75, 3.05) is 5.32 Å². The van der Waals surface area contributed by atoms with E-state index >= 15 is 0 Å². The van der Waals surface area contributed by atoms with Crippen molar-refractivity contribution in [2.45, 2.75) is 26.6 Å². The average Bonchev–Trinajstić information content (AvgIpc) is 3.02. The van der Waals surface area contributed by atoms with Crippen LogP contribution in [0.25, 0.3) is 10.9 Å². The lowest BCUT2D eigenvalue weighted by atomic mass is 10.1. The Balaban J connectivity index is 1.70. The number of fused-ring (bicyclic) bond motifs is 1. The van der Waals surface area contributed by atoms with Gasteiger partial charge in [0.1, 0.15) is 5.69 Å². The maximum atomic E-state index is 13.5. The molecule has 0 saturated heterocycles. The Kier molecular flexibility index (Phi) is 6.03. The maximum Gasteiger partial charge on any atom is 0.433 e. The number of nitrogens with one attached hydrogen (secondary N) is 1. The number of benzene rings is 2. The number of anilines is 1. The topological polar surface area (TPSA) is 59.8 Å². The van der Waals surface area contributed by atoms with Crippen LogP contribution in [0.3, 0.4) is 0 Å². The van der Waals surface area contributed by atoms with Gasteiger partial charge in [0.25, 0.3) is 5.91 Å². The van der Waals surface area contributed by atoms with Crippen molar-refractivity contribution in [1.82, 2.24) is 14.8 Å². The fourth-order valence-corrected chi connectivity index (χ4v) is 3.73. The van der Waals surface area contributed by atoms with Gasteiger partial charge in [-0.15, -0.1) is 0 Å². The second-order valence-corrected chi connectivity index (χ2v) is 8.06. The van der Waals surface area contributed by atoms with Crippen LogP contribution in [0.5, 0.6) is 0 Å². The van der Waals surface area contributed by atoms with Gasteiger partial charge >= 0.3 is 6.18 Å². The molecule has 5 nitrogen and oxygen atoms in total. The highest BCUT2D eigenvalue weighted by Gasteiger charge is 2.34. The Labute approximate surface area is 195 Å². The molecule has 34 heavy (non-hydrogen) atoms. The summed E-state index contributed by atoms with van der Waals surface area (Å²) in [6, 6.07) is 8.16. The van der Waals surface area contributed by atoms with Crippen LogP contribution < -0.4 is 5.32 Å². The molecule has 176 valence electrons. The number of halogens is 6. The molecule has 1 N–H and O–H groups in total. The van der Waals surface area contributed by atoms with Crippen molar-refractivity contribution in [3.05, 3.63) is 87.3 Å². The van der Waals surface area contributed by atoms with Gasteiger partial charge in [-0.05, 0) is 55.8 Å². The van der Waals surface area contributed by atoms with E-state index < -0.39 is 29.4 Å². The molecule has 0 saturated carbocycles. The van der Waals surface area contributed by atoms with Crippen LogP contribution >= 0.6 is 11.6 Å². The quantitative estimate of drug-likeness (QED) is 0.339. The van der Waals surface area contributed by atoms with Gasteiger partial charge < -0.3 is 5.32 Å². The largest absolute Gasteiger partial charge is 0.433 e. The molecular formula is C23H16ClF5N4O. The average molecular weight is 495 g/mol. The lowest BCUT2D eigenvalue weighted by Crippen LogP contribution is -2.17. The fourth-order valence-electron chi connectivity index (χ4n) is 3.55. The molecule has 0 fully saturated rings. The molecule has 0 atom stereocenters. The number of hydrogen-bond donors (Lipinski definition) is 1. The van der Waals surface area contributed by atoms with Crippen molar-refractivity contribution in [2.24, 2.45) is 0 Å². The van der Waals surface area contributed by atoms with Gasteiger partial charge in [-0.25, -0.2) is 13.8 Å². The summed E-state index contributed by atoms with van der Waals surface area (Å²) in [4.78, 5) is 16.7. The van der Waals surface area contributed by atoms with Crippen LogP contribution in [0.15, 0.2) is 42.5 Å². The number of hydrogen-bond acceptors (Lipinski definition) is 3. The zero-order valence-corrected chi connectivity index (χ0v) is 18.5. The minimum atomic E-state index is -4.76. The van der Waals surface area contributed by atoms with Crippen molar-refractivity contribution in [1.29, 1.82) is 0 Å². The SMILES string of the molecule is Cc1nn(Cc2ccc(F)c(F)c2)c(C)c1NC(=O)c1cc(C(F)(F)F)nc2ccc(Cl)cc12. The van der Waals surface area contributed by atoms with Crippen LogP contribution in [0.4, 0.5) is 27.6 Å². The molecule has 0 aliphatic rings. The van der Waals surface area contributed by atoms with E-state index in [4.69, 9.17) is 11.6 Å². The van der Waals surface area contributed by atoms with E-state index in [-0.39, 0.29) is 33.7 Å². The zero-order valence-electron chi connectivity index (χ0n) is 17.8. The third-order valence-electron chi connectivity index (χ3n) is 5.24. The number of aryl methyl sites for hydroxylation is 1. The predicted octanol–water partition coefficient (Wildman–Crippen LogP) is 6.30. The van der Waals surface area contributed by atoms with Gasteiger partial charge in [-0.1, -0.05) is 17.7 Å². The maximum absolute atomic E-state index is 13.5. The Hall–Kier alpha value is -3.53. The number of aromatic nitrogens is 3. The van der Waals surface area contributed by atoms with E-state index in [2.05, 4.69) is 15.4 Å². The number of carbonyl (C=O) groups excluding carboxylic acids is 1. The molecule has 2 heterocycles. The second kappa shape index (κ2) is 8.68. The van der Waals surface area contributed by atoms with Crippen LogP contribution in [0.2, 0.25) is 5.02 Å². The van der Waals surface area contributed by atoms with Crippen molar-refractivity contribution < 1.29 is 26.7 Å². The summed E-state index contributed by atoms with van der Waals surface area (Å²) in [6.45, 7) is 3.33. The normalized spacial score (nSPS) is 11.8. The molecule has 4 aromatic rings. The fraction of sp³-hybridized carbons (Fsp3) is 0.174. The molecule has 11 heteroatoms. The summed E-state index contributed by atoms with van der Waals surface area (Å²) in [5.74, 6) is -2.79.